The summed E-state index contributed by atoms with van der Waals surface area (Å²) in [6, 6.07) is 1.36. The molecule has 1 saturated heterocycles. The van der Waals surface area contributed by atoms with Gasteiger partial charge in [0.05, 0.1) is 0 Å². The summed E-state index contributed by atoms with van der Waals surface area (Å²) in [7, 11) is 0. The maximum atomic E-state index is 5.39. The summed E-state index contributed by atoms with van der Waals surface area (Å²) < 4.78 is 5.39. The SMILES string of the molecule is CCOCCCN(CC1CCCN1)C(C)C. The maximum Gasteiger partial charge on any atom is 0.0478 e. The van der Waals surface area contributed by atoms with Crippen LogP contribution < -0.4 is 5.32 Å². The van der Waals surface area contributed by atoms with Crippen molar-refractivity contribution in [2.24, 2.45) is 0 Å². The first kappa shape index (κ1) is 13.9. The Morgan fingerprint density at radius 3 is 2.81 bits per heavy atom. The minimum atomic E-state index is 0.643. The van der Waals surface area contributed by atoms with Gasteiger partial charge in [-0.05, 0) is 46.6 Å². The van der Waals surface area contributed by atoms with Crippen molar-refractivity contribution in [3.05, 3.63) is 0 Å². The number of hydrogen-bond acceptors (Lipinski definition) is 3. The van der Waals surface area contributed by atoms with Crippen molar-refractivity contribution >= 4 is 0 Å². The first-order chi connectivity index (χ1) is 7.74. The van der Waals surface area contributed by atoms with Gasteiger partial charge in [0.25, 0.3) is 0 Å². The summed E-state index contributed by atoms with van der Waals surface area (Å²) in [6.07, 6.45) is 3.84. The van der Waals surface area contributed by atoms with E-state index in [1.165, 1.54) is 25.9 Å². The molecule has 96 valence electrons. The molecule has 1 unspecified atom stereocenters. The van der Waals surface area contributed by atoms with Gasteiger partial charge in [-0.2, -0.15) is 0 Å². The molecule has 1 aliphatic rings. The standard InChI is InChI=1S/C13H28N2O/c1-4-16-10-6-9-15(12(2)3)11-13-7-5-8-14-13/h12-14H,4-11H2,1-3H3. The van der Waals surface area contributed by atoms with E-state index in [0.29, 0.717) is 6.04 Å². The summed E-state index contributed by atoms with van der Waals surface area (Å²) in [5, 5.41) is 3.57. The van der Waals surface area contributed by atoms with E-state index in [1.807, 2.05) is 0 Å². The molecule has 1 N–H and O–H groups in total. The highest BCUT2D eigenvalue weighted by Gasteiger charge is 2.19. The molecule has 1 fully saturated rings. The van der Waals surface area contributed by atoms with Crippen LogP contribution in [0.15, 0.2) is 0 Å². The largest absolute Gasteiger partial charge is 0.382 e. The number of rotatable bonds is 8. The smallest absolute Gasteiger partial charge is 0.0478 e. The van der Waals surface area contributed by atoms with Gasteiger partial charge in [-0.25, -0.2) is 0 Å². The van der Waals surface area contributed by atoms with Crippen LogP contribution >= 0.6 is 0 Å². The lowest BCUT2D eigenvalue weighted by Gasteiger charge is -2.29. The van der Waals surface area contributed by atoms with Gasteiger partial charge in [-0.1, -0.05) is 0 Å². The van der Waals surface area contributed by atoms with E-state index < -0.39 is 0 Å². The molecule has 0 spiro atoms. The van der Waals surface area contributed by atoms with E-state index in [4.69, 9.17) is 4.74 Å². The van der Waals surface area contributed by atoms with Crippen LogP contribution in [0.1, 0.15) is 40.0 Å². The predicted octanol–water partition coefficient (Wildman–Crippen LogP) is 1.88. The molecule has 3 nitrogen and oxygen atoms in total. The molecule has 0 aliphatic carbocycles. The molecule has 0 aromatic rings. The van der Waals surface area contributed by atoms with Gasteiger partial charge in [0, 0.05) is 38.4 Å². The van der Waals surface area contributed by atoms with E-state index in [1.54, 1.807) is 0 Å². The fourth-order valence-corrected chi connectivity index (χ4v) is 2.27. The molecule has 0 aromatic carbocycles. The molecule has 0 amide bonds. The minimum Gasteiger partial charge on any atom is -0.382 e. The van der Waals surface area contributed by atoms with Crippen LogP contribution in [0.3, 0.4) is 0 Å². The van der Waals surface area contributed by atoms with Crippen molar-refractivity contribution in [3.63, 3.8) is 0 Å². The number of nitrogens with zero attached hydrogens (tertiary/aromatic N) is 1. The van der Waals surface area contributed by atoms with Gasteiger partial charge in [-0.15, -0.1) is 0 Å². The molecule has 0 bridgehead atoms. The van der Waals surface area contributed by atoms with E-state index in [-0.39, 0.29) is 0 Å². The highest BCUT2D eigenvalue weighted by molar-refractivity contribution is 4.79. The van der Waals surface area contributed by atoms with E-state index >= 15 is 0 Å². The molecule has 0 radical (unpaired) electrons. The van der Waals surface area contributed by atoms with Gasteiger partial charge >= 0.3 is 0 Å². The number of ether oxygens (including phenoxy) is 1. The molecule has 16 heavy (non-hydrogen) atoms. The minimum absolute atomic E-state index is 0.643. The molecule has 0 aromatic heterocycles. The van der Waals surface area contributed by atoms with Gasteiger partial charge in [0.15, 0.2) is 0 Å². The average Bonchev–Trinajstić information content (AvgIpc) is 2.75. The second kappa shape index (κ2) is 8.04. The Labute approximate surface area is 101 Å². The van der Waals surface area contributed by atoms with Crippen LogP contribution in [0.25, 0.3) is 0 Å². The monoisotopic (exact) mass is 228 g/mol. The number of nitrogens with one attached hydrogen (secondary N) is 1. The normalized spacial score (nSPS) is 21.2. The first-order valence-corrected chi connectivity index (χ1v) is 6.79. The van der Waals surface area contributed by atoms with Gasteiger partial charge < -0.3 is 10.1 Å². The van der Waals surface area contributed by atoms with Crippen molar-refractivity contribution in [2.75, 3.05) is 32.8 Å². The van der Waals surface area contributed by atoms with Crippen molar-refractivity contribution in [2.45, 2.75) is 52.1 Å². The Bertz CT molecular complexity index is 167. The molecular formula is C13H28N2O. The Kier molecular flexibility index (Phi) is 7.01. The Balaban J connectivity index is 2.18. The molecular weight excluding hydrogens is 200 g/mol. The van der Waals surface area contributed by atoms with Gasteiger partial charge in [-0.3, -0.25) is 4.90 Å². The third-order valence-corrected chi connectivity index (χ3v) is 3.29. The summed E-state index contributed by atoms with van der Waals surface area (Å²) in [5.74, 6) is 0. The zero-order valence-electron chi connectivity index (χ0n) is 11.2. The topological polar surface area (TPSA) is 24.5 Å². The third-order valence-electron chi connectivity index (χ3n) is 3.29. The maximum absolute atomic E-state index is 5.39. The predicted molar refractivity (Wildman–Crippen MR) is 68.8 cm³/mol. The van der Waals surface area contributed by atoms with Crippen LogP contribution in [0.4, 0.5) is 0 Å². The lowest BCUT2D eigenvalue weighted by Crippen LogP contribution is -2.41. The molecule has 1 atom stereocenters. The van der Waals surface area contributed by atoms with E-state index in [2.05, 4.69) is 31.0 Å². The molecule has 1 aliphatic heterocycles. The quantitative estimate of drug-likeness (QED) is 0.642. The van der Waals surface area contributed by atoms with Crippen LogP contribution in [0.5, 0.6) is 0 Å². The molecule has 1 heterocycles. The first-order valence-electron chi connectivity index (χ1n) is 6.79. The second-order valence-corrected chi connectivity index (χ2v) is 4.93. The average molecular weight is 228 g/mol. The van der Waals surface area contributed by atoms with Gasteiger partial charge in [0.1, 0.15) is 0 Å². The van der Waals surface area contributed by atoms with Crippen molar-refractivity contribution in [1.82, 2.24) is 10.2 Å². The van der Waals surface area contributed by atoms with Crippen molar-refractivity contribution in [1.29, 1.82) is 0 Å². The summed E-state index contributed by atoms with van der Waals surface area (Å²) in [5.41, 5.74) is 0. The molecule has 3 heteroatoms. The van der Waals surface area contributed by atoms with Crippen molar-refractivity contribution in [3.8, 4) is 0 Å². The molecule has 0 saturated carbocycles. The van der Waals surface area contributed by atoms with Crippen LogP contribution in [-0.4, -0.2) is 49.8 Å². The fourth-order valence-electron chi connectivity index (χ4n) is 2.27. The zero-order valence-corrected chi connectivity index (χ0v) is 11.2. The summed E-state index contributed by atoms with van der Waals surface area (Å²) in [6.45, 7) is 11.9. The third kappa shape index (κ3) is 5.28. The van der Waals surface area contributed by atoms with Crippen LogP contribution in [-0.2, 0) is 4.74 Å². The van der Waals surface area contributed by atoms with E-state index in [0.717, 1.165) is 32.2 Å². The van der Waals surface area contributed by atoms with Crippen LogP contribution in [0.2, 0.25) is 0 Å². The Hall–Kier alpha value is -0.120. The summed E-state index contributed by atoms with van der Waals surface area (Å²) >= 11 is 0. The number of hydrogen-bond donors (Lipinski definition) is 1. The zero-order chi connectivity index (χ0) is 11.8. The lowest BCUT2D eigenvalue weighted by molar-refractivity contribution is 0.122. The fraction of sp³-hybridized carbons (Fsp3) is 1.00. The second-order valence-electron chi connectivity index (χ2n) is 4.93. The Morgan fingerprint density at radius 2 is 2.25 bits per heavy atom. The van der Waals surface area contributed by atoms with E-state index in [9.17, 15) is 0 Å². The van der Waals surface area contributed by atoms with Gasteiger partial charge in [0.2, 0.25) is 0 Å². The Morgan fingerprint density at radius 1 is 1.44 bits per heavy atom. The van der Waals surface area contributed by atoms with Crippen LogP contribution in [0, 0.1) is 0 Å². The summed E-state index contributed by atoms with van der Waals surface area (Å²) in [4.78, 5) is 2.57. The molecule has 1 rings (SSSR count). The van der Waals surface area contributed by atoms with Crippen molar-refractivity contribution < 1.29 is 4.74 Å². The highest BCUT2D eigenvalue weighted by atomic mass is 16.5. The lowest BCUT2D eigenvalue weighted by atomic mass is 10.2. The highest BCUT2D eigenvalue weighted by Crippen LogP contribution is 2.09.